The van der Waals surface area contributed by atoms with Crippen LogP contribution in [0.2, 0.25) is 5.02 Å². The first-order valence-corrected chi connectivity index (χ1v) is 12.8. The monoisotopic (exact) mass is 508 g/mol. The standard InChI is InChI=1S/C28H33ClN4O3/c1-20(2)33-17-26(30-19-33)25-16-31(14-22-5-4-6-23(29)13-22)18-28(25)27(34)32(11-12-36-28)15-21-7-9-24(35-3)10-8-21/h4-10,13,17,19-20,25H,11-12,14-16,18H2,1-3H3/t25-,28+/m0/s1. The van der Waals surface area contributed by atoms with Gasteiger partial charge in [0, 0.05) is 50.0 Å². The predicted octanol–water partition coefficient (Wildman–Crippen LogP) is 4.52. The van der Waals surface area contributed by atoms with Crippen molar-refractivity contribution < 1.29 is 14.3 Å². The van der Waals surface area contributed by atoms with Crippen LogP contribution in [0.15, 0.2) is 61.1 Å². The maximum Gasteiger partial charge on any atom is 0.257 e. The molecule has 8 heteroatoms. The van der Waals surface area contributed by atoms with Crippen molar-refractivity contribution in [2.45, 2.75) is 44.5 Å². The maximum absolute atomic E-state index is 14.1. The zero-order valence-electron chi connectivity index (χ0n) is 21.1. The Morgan fingerprint density at radius 1 is 1.17 bits per heavy atom. The largest absolute Gasteiger partial charge is 0.497 e. The number of halogens is 1. The summed E-state index contributed by atoms with van der Waals surface area (Å²) >= 11 is 6.24. The van der Waals surface area contributed by atoms with Crippen LogP contribution in [-0.4, -0.2) is 64.2 Å². The second kappa shape index (κ2) is 10.2. The van der Waals surface area contributed by atoms with E-state index < -0.39 is 5.60 Å². The summed E-state index contributed by atoms with van der Waals surface area (Å²) in [5.74, 6) is 0.668. The molecule has 1 spiro atoms. The van der Waals surface area contributed by atoms with Gasteiger partial charge in [0.1, 0.15) is 5.75 Å². The molecule has 1 aromatic heterocycles. The first-order chi connectivity index (χ1) is 17.4. The van der Waals surface area contributed by atoms with E-state index >= 15 is 0 Å². The highest BCUT2D eigenvalue weighted by atomic mass is 35.5. The maximum atomic E-state index is 14.1. The SMILES string of the molecule is COc1ccc(CN2CCO[C@@]3(CN(Cc4cccc(Cl)c4)C[C@H]3c3cn(C(C)C)cn3)C2=O)cc1. The average Bonchev–Trinajstić information content (AvgIpc) is 3.48. The zero-order valence-corrected chi connectivity index (χ0v) is 21.8. The molecule has 0 aliphatic carbocycles. The van der Waals surface area contributed by atoms with Gasteiger partial charge in [-0.2, -0.15) is 0 Å². The van der Waals surface area contributed by atoms with Gasteiger partial charge in [-0.15, -0.1) is 0 Å². The van der Waals surface area contributed by atoms with Crippen molar-refractivity contribution in [1.82, 2.24) is 19.4 Å². The normalized spacial score (nSPS) is 22.6. The van der Waals surface area contributed by atoms with Gasteiger partial charge >= 0.3 is 0 Å². The van der Waals surface area contributed by atoms with Gasteiger partial charge in [-0.05, 0) is 49.2 Å². The Hall–Kier alpha value is -2.87. The third kappa shape index (κ3) is 4.88. The van der Waals surface area contributed by atoms with Crippen molar-refractivity contribution in [3.8, 4) is 5.75 Å². The van der Waals surface area contributed by atoms with Crippen LogP contribution in [0.5, 0.6) is 5.75 Å². The fraction of sp³-hybridized carbons (Fsp3) is 0.429. The molecule has 3 heterocycles. The molecule has 2 aliphatic rings. The fourth-order valence-electron chi connectivity index (χ4n) is 5.31. The van der Waals surface area contributed by atoms with Gasteiger partial charge in [0.2, 0.25) is 0 Å². The summed E-state index contributed by atoms with van der Waals surface area (Å²) in [5.41, 5.74) is 2.11. The third-order valence-electron chi connectivity index (χ3n) is 7.23. The lowest BCUT2D eigenvalue weighted by Crippen LogP contribution is -2.60. The number of carbonyl (C=O) groups is 1. The zero-order chi connectivity index (χ0) is 25.3. The highest BCUT2D eigenvalue weighted by Crippen LogP contribution is 2.42. The summed E-state index contributed by atoms with van der Waals surface area (Å²) in [7, 11) is 1.65. The number of imidazole rings is 1. The number of amides is 1. The van der Waals surface area contributed by atoms with Gasteiger partial charge in [-0.25, -0.2) is 4.98 Å². The molecule has 1 amide bonds. The molecule has 2 atom stereocenters. The molecule has 2 aromatic carbocycles. The minimum atomic E-state index is -0.973. The highest BCUT2D eigenvalue weighted by Gasteiger charge is 2.57. The van der Waals surface area contributed by atoms with Gasteiger partial charge in [-0.3, -0.25) is 9.69 Å². The summed E-state index contributed by atoms with van der Waals surface area (Å²) in [6.45, 7) is 7.73. The molecule has 36 heavy (non-hydrogen) atoms. The Morgan fingerprint density at radius 2 is 1.97 bits per heavy atom. The third-order valence-corrected chi connectivity index (χ3v) is 7.47. The van der Waals surface area contributed by atoms with Gasteiger partial charge in [0.25, 0.3) is 5.91 Å². The number of hydrogen-bond acceptors (Lipinski definition) is 5. The average molecular weight is 509 g/mol. The Bertz CT molecular complexity index is 1210. The van der Waals surface area contributed by atoms with E-state index in [1.165, 1.54) is 0 Å². The molecule has 3 aromatic rings. The summed E-state index contributed by atoms with van der Waals surface area (Å²) in [6, 6.07) is 16.1. The number of hydrogen-bond donors (Lipinski definition) is 0. The van der Waals surface area contributed by atoms with Crippen molar-refractivity contribution >= 4 is 17.5 Å². The van der Waals surface area contributed by atoms with E-state index in [0.717, 1.165) is 22.6 Å². The van der Waals surface area contributed by atoms with E-state index in [4.69, 9.17) is 26.1 Å². The summed E-state index contributed by atoms with van der Waals surface area (Å²) < 4.78 is 13.8. The molecule has 5 rings (SSSR count). The van der Waals surface area contributed by atoms with Crippen molar-refractivity contribution in [2.75, 3.05) is 33.4 Å². The second-order valence-electron chi connectivity index (χ2n) is 10.0. The Kier molecular flexibility index (Phi) is 7.06. The molecule has 0 bridgehead atoms. The van der Waals surface area contributed by atoms with Crippen LogP contribution in [0.3, 0.4) is 0 Å². The number of rotatable bonds is 7. The minimum absolute atomic E-state index is 0.0299. The van der Waals surface area contributed by atoms with Crippen molar-refractivity contribution in [1.29, 1.82) is 0 Å². The van der Waals surface area contributed by atoms with Crippen LogP contribution in [0.25, 0.3) is 0 Å². The molecular weight excluding hydrogens is 476 g/mol. The van der Waals surface area contributed by atoms with E-state index in [2.05, 4.69) is 35.6 Å². The number of aromatic nitrogens is 2. The van der Waals surface area contributed by atoms with Gasteiger partial charge in [0.15, 0.2) is 5.60 Å². The van der Waals surface area contributed by atoms with Crippen molar-refractivity contribution in [2.24, 2.45) is 0 Å². The number of morpholine rings is 1. The molecule has 0 saturated carbocycles. The topological polar surface area (TPSA) is 59.8 Å². The fourth-order valence-corrected chi connectivity index (χ4v) is 5.52. The van der Waals surface area contributed by atoms with E-state index in [1.807, 2.05) is 53.7 Å². The molecule has 0 unspecified atom stereocenters. The lowest BCUT2D eigenvalue weighted by Gasteiger charge is -2.42. The Labute approximate surface area is 217 Å². The van der Waals surface area contributed by atoms with Gasteiger partial charge < -0.3 is 18.9 Å². The smallest absolute Gasteiger partial charge is 0.257 e. The molecule has 7 nitrogen and oxygen atoms in total. The van der Waals surface area contributed by atoms with Crippen molar-refractivity contribution in [3.05, 3.63) is 82.9 Å². The quantitative estimate of drug-likeness (QED) is 0.469. The molecule has 190 valence electrons. The van der Waals surface area contributed by atoms with Crippen LogP contribution in [0.4, 0.5) is 0 Å². The number of carbonyl (C=O) groups excluding carboxylic acids is 1. The Morgan fingerprint density at radius 3 is 2.67 bits per heavy atom. The lowest BCUT2D eigenvalue weighted by molar-refractivity contribution is -0.173. The lowest BCUT2D eigenvalue weighted by atomic mass is 9.85. The van der Waals surface area contributed by atoms with Crippen molar-refractivity contribution in [3.63, 3.8) is 0 Å². The first-order valence-electron chi connectivity index (χ1n) is 12.4. The molecular formula is C28H33ClN4O3. The van der Waals surface area contributed by atoms with Crippen LogP contribution >= 0.6 is 11.6 Å². The van der Waals surface area contributed by atoms with E-state index in [9.17, 15) is 4.79 Å². The van der Waals surface area contributed by atoms with E-state index in [1.54, 1.807) is 7.11 Å². The van der Waals surface area contributed by atoms with Crippen LogP contribution in [0.1, 0.15) is 42.6 Å². The van der Waals surface area contributed by atoms with E-state index in [0.29, 0.717) is 50.4 Å². The minimum Gasteiger partial charge on any atom is -0.497 e. The molecule has 0 radical (unpaired) electrons. The Balaban J connectivity index is 1.44. The van der Waals surface area contributed by atoms with Crippen LogP contribution in [0, 0.1) is 0 Å². The van der Waals surface area contributed by atoms with Crippen LogP contribution < -0.4 is 4.74 Å². The molecule has 0 N–H and O–H groups in total. The predicted molar refractivity (Wildman–Crippen MR) is 139 cm³/mol. The molecule has 2 saturated heterocycles. The number of methoxy groups -OCH3 is 1. The summed E-state index contributed by atoms with van der Waals surface area (Å²) in [6.07, 6.45) is 3.93. The number of benzene rings is 2. The van der Waals surface area contributed by atoms with Gasteiger partial charge in [0.05, 0.1) is 31.7 Å². The first kappa shape index (κ1) is 24.8. The summed E-state index contributed by atoms with van der Waals surface area (Å²) in [5, 5.41) is 0.712. The second-order valence-corrected chi connectivity index (χ2v) is 10.4. The number of likely N-dealkylation sites (tertiary alicyclic amines) is 1. The highest BCUT2D eigenvalue weighted by molar-refractivity contribution is 6.30. The molecule has 2 aliphatic heterocycles. The summed E-state index contributed by atoms with van der Waals surface area (Å²) in [4.78, 5) is 23.1. The van der Waals surface area contributed by atoms with Crippen LogP contribution in [-0.2, 0) is 22.6 Å². The van der Waals surface area contributed by atoms with Gasteiger partial charge in [-0.1, -0.05) is 35.9 Å². The number of ether oxygens (including phenoxy) is 2. The van der Waals surface area contributed by atoms with E-state index in [-0.39, 0.29) is 11.8 Å². The molecule has 2 fully saturated rings. The number of nitrogens with zero attached hydrogens (tertiary/aromatic N) is 4.